The van der Waals surface area contributed by atoms with Gasteiger partial charge in [-0.2, -0.15) is 0 Å². The van der Waals surface area contributed by atoms with Crippen LogP contribution in [0.5, 0.6) is 0 Å². The Labute approximate surface area is 110 Å². The van der Waals surface area contributed by atoms with Crippen molar-refractivity contribution in [2.45, 2.75) is 6.42 Å². The smallest absolute Gasteiger partial charge is 0.251 e. The van der Waals surface area contributed by atoms with Crippen LogP contribution in [0.4, 0.5) is 5.69 Å². The van der Waals surface area contributed by atoms with E-state index in [9.17, 15) is 18.0 Å². The SMILES string of the molecule is NS(=O)(=O)CCNC(=O)c1ccc2c(c1)NC(=O)C2. The summed E-state index contributed by atoms with van der Waals surface area (Å²) in [6.07, 6.45) is 0.308. The van der Waals surface area contributed by atoms with Crippen LogP contribution in [-0.2, 0) is 21.2 Å². The van der Waals surface area contributed by atoms with Crippen LogP contribution in [0.3, 0.4) is 0 Å². The van der Waals surface area contributed by atoms with E-state index in [1.807, 2.05) is 0 Å². The van der Waals surface area contributed by atoms with E-state index in [1.165, 1.54) is 0 Å². The molecule has 2 rings (SSSR count). The number of benzene rings is 1. The van der Waals surface area contributed by atoms with E-state index in [1.54, 1.807) is 18.2 Å². The molecular weight excluding hydrogens is 270 g/mol. The second-order valence-electron chi connectivity index (χ2n) is 4.22. The Bertz CT molecular complexity index is 639. The van der Waals surface area contributed by atoms with Crippen molar-refractivity contribution < 1.29 is 18.0 Å². The second-order valence-corrected chi connectivity index (χ2v) is 5.95. The predicted octanol–water partition coefficient (Wildman–Crippen LogP) is -0.800. The normalized spacial score (nSPS) is 13.8. The van der Waals surface area contributed by atoms with Gasteiger partial charge in [0.1, 0.15) is 0 Å². The van der Waals surface area contributed by atoms with Crippen LogP contribution in [0.15, 0.2) is 18.2 Å². The summed E-state index contributed by atoms with van der Waals surface area (Å²) < 4.78 is 21.4. The lowest BCUT2D eigenvalue weighted by Gasteiger charge is -2.06. The number of anilines is 1. The zero-order chi connectivity index (χ0) is 14.0. The van der Waals surface area contributed by atoms with Gasteiger partial charge in [-0.1, -0.05) is 6.07 Å². The highest BCUT2D eigenvalue weighted by Gasteiger charge is 2.19. The largest absolute Gasteiger partial charge is 0.351 e. The molecule has 19 heavy (non-hydrogen) atoms. The Hall–Kier alpha value is -1.93. The average Bonchev–Trinajstić information content (AvgIpc) is 2.65. The first kappa shape index (κ1) is 13.5. The monoisotopic (exact) mass is 283 g/mol. The lowest BCUT2D eigenvalue weighted by Crippen LogP contribution is -2.31. The number of hydrogen-bond acceptors (Lipinski definition) is 4. The van der Waals surface area contributed by atoms with Crippen LogP contribution >= 0.6 is 0 Å². The van der Waals surface area contributed by atoms with Crippen molar-refractivity contribution in [1.82, 2.24) is 5.32 Å². The van der Waals surface area contributed by atoms with Crippen molar-refractivity contribution in [2.24, 2.45) is 5.14 Å². The molecule has 2 amide bonds. The van der Waals surface area contributed by atoms with Gasteiger partial charge in [0.15, 0.2) is 0 Å². The number of primary sulfonamides is 1. The second kappa shape index (κ2) is 4.98. The molecule has 0 radical (unpaired) electrons. The van der Waals surface area contributed by atoms with E-state index in [2.05, 4.69) is 10.6 Å². The van der Waals surface area contributed by atoms with Crippen molar-refractivity contribution in [3.8, 4) is 0 Å². The Morgan fingerprint density at radius 2 is 2.16 bits per heavy atom. The lowest BCUT2D eigenvalue weighted by atomic mass is 10.1. The summed E-state index contributed by atoms with van der Waals surface area (Å²) in [6.45, 7) is -0.0545. The molecular formula is C11H13N3O4S. The van der Waals surface area contributed by atoms with Crippen molar-refractivity contribution in [3.05, 3.63) is 29.3 Å². The number of hydrogen-bond donors (Lipinski definition) is 3. The summed E-state index contributed by atoms with van der Waals surface area (Å²) in [4.78, 5) is 22.9. The van der Waals surface area contributed by atoms with E-state index >= 15 is 0 Å². The fourth-order valence-electron chi connectivity index (χ4n) is 1.76. The summed E-state index contributed by atoms with van der Waals surface area (Å²) in [5.41, 5.74) is 1.81. The Morgan fingerprint density at radius 1 is 1.42 bits per heavy atom. The third-order valence-corrected chi connectivity index (χ3v) is 3.44. The topological polar surface area (TPSA) is 118 Å². The summed E-state index contributed by atoms with van der Waals surface area (Å²) >= 11 is 0. The molecule has 0 bridgehead atoms. The molecule has 0 aliphatic carbocycles. The van der Waals surface area contributed by atoms with Gasteiger partial charge in [0.2, 0.25) is 15.9 Å². The molecule has 4 N–H and O–H groups in total. The fourth-order valence-corrected chi connectivity index (χ4v) is 2.15. The molecule has 1 heterocycles. The van der Waals surface area contributed by atoms with Crippen LogP contribution in [-0.4, -0.2) is 32.5 Å². The molecule has 102 valence electrons. The molecule has 1 aromatic rings. The standard InChI is InChI=1S/C11H13N3O4S/c12-19(17,18)4-3-13-11(16)8-2-1-7-6-10(15)14-9(7)5-8/h1-2,5H,3-4,6H2,(H,13,16)(H,14,15)(H2,12,17,18). The summed E-state index contributed by atoms with van der Waals surface area (Å²) in [6, 6.07) is 4.85. The summed E-state index contributed by atoms with van der Waals surface area (Å²) in [5.74, 6) is -0.838. The van der Waals surface area contributed by atoms with Crippen LogP contribution in [0.2, 0.25) is 0 Å². The van der Waals surface area contributed by atoms with Crippen molar-refractivity contribution in [1.29, 1.82) is 0 Å². The van der Waals surface area contributed by atoms with E-state index in [4.69, 9.17) is 5.14 Å². The fraction of sp³-hybridized carbons (Fsp3) is 0.273. The minimum atomic E-state index is -3.59. The van der Waals surface area contributed by atoms with Crippen LogP contribution < -0.4 is 15.8 Å². The van der Waals surface area contributed by atoms with E-state index in [-0.39, 0.29) is 18.2 Å². The molecule has 1 aliphatic rings. The maximum Gasteiger partial charge on any atom is 0.251 e. The maximum absolute atomic E-state index is 11.8. The number of amides is 2. The van der Waals surface area contributed by atoms with Crippen molar-refractivity contribution in [2.75, 3.05) is 17.6 Å². The zero-order valence-electron chi connectivity index (χ0n) is 9.97. The maximum atomic E-state index is 11.8. The van der Waals surface area contributed by atoms with Crippen LogP contribution in [0.1, 0.15) is 15.9 Å². The highest BCUT2D eigenvalue weighted by molar-refractivity contribution is 7.89. The van der Waals surface area contributed by atoms with Crippen molar-refractivity contribution in [3.63, 3.8) is 0 Å². The van der Waals surface area contributed by atoms with Gasteiger partial charge in [-0.25, -0.2) is 13.6 Å². The molecule has 0 spiro atoms. The molecule has 0 saturated heterocycles. The molecule has 0 fully saturated rings. The van der Waals surface area contributed by atoms with Crippen molar-refractivity contribution >= 4 is 27.5 Å². The van der Waals surface area contributed by atoms with Gasteiger partial charge in [0, 0.05) is 17.8 Å². The highest BCUT2D eigenvalue weighted by Crippen LogP contribution is 2.23. The number of carbonyl (C=O) groups is 2. The first-order chi connectivity index (χ1) is 8.85. The molecule has 1 aromatic carbocycles. The van der Waals surface area contributed by atoms with Gasteiger partial charge in [-0.3, -0.25) is 9.59 Å². The molecule has 7 nitrogen and oxygen atoms in total. The first-order valence-electron chi connectivity index (χ1n) is 5.56. The summed E-state index contributed by atoms with van der Waals surface area (Å²) in [7, 11) is -3.59. The van der Waals surface area contributed by atoms with Gasteiger partial charge in [-0.05, 0) is 17.7 Å². The quantitative estimate of drug-likeness (QED) is 0.670. The number of nitrogens with two attached hydrogens (primary N) is 1. The Morgan fingerprint density at radius 3 is 2.84 bits per heavy atom. The number of carbonyl (C=O) groups excluding carboxylic acids is 2. The van der Waals surface area contributed by atoms with Crippen LogP contribution in [0, 0.1) is 0 Å². The molecule has 8 heteroatoms. The number of fused-ring (bicyclic) bond motifs is 1. The predicted molar refractivity (Wildman–Crippen MR) is 69.1 cm³/mol. The summed E-state index contributed by atoms with van der Waals surface area (Å²) in [5, 5.41) is 9.91. The van der Waals surface area contributed by atoms with Gasteiger partial charge in [0.05, 0.1) is 12.2 Å². The van der Waals surface area contributed by atoms with E-state index < -0.39 is 15.9 Å². The molecule has 0 aromatic heterocycles. The minimum absolute atomic E-state index is 0.0545. The third-order valence-electron chi connectivity index (χ3n) is 2.67. The third kappa shape index (κ3) is 3.52. The van der Waals surface area contributed by atoms with Gasteiger partial charge >= 0.3 is 0 Å². The average molecular weight is 283 g/mol. The lowest BCUT2D eigenvalue weighted by molar-refractivity contribution is -0.115. The van der Waals surface area contributed by atoms with Crippen LogP contribution in [0.25, 0.3) is 0 Å². The number of rotatable bonds is 4. The van der Waals surface area contributed by atoms with E-state index in [0.717, 1.165) is 5.56 Å². The molecule has 0 saturated carbocycles. The van der Waals surface area contributed by atoms with Gasteiger partial charge < -0.3 is 10.6 Å². The first-order valence-corrected chi connectivity index (χ1v) is 7.28. The zero-order valence-corrected chi connectivity index (χ0v) is 10.8. The highest BCUT2D eigenvalue weighted by atomic mass is 32.2. The van der Waals surface area contributed by atoms with Gasteiger partial charge in [0.25, 0.3) is 5.91 Å². The molecule has 0 atom stereocenters. The Kier molecular flexibility index (Phi) is 3.54. The molecule has 1 aliphatic heterocycles. The molecule has 0 unspecified atom stereocenters. The minimum Gasteiger partial charge on any atom is -0.351 e. The van der Waals surface area contributed by atoms with E-state index in [0.29, 0.717) is 17.7 Å². The number of sulfonamides is 1. The Balaban J connectivity index is 2.01. The number of nitrogens with one attached hydrogen (secondary N) is 2. The van der Waals surface area contributed by atoms with Gasteiger partial charge in [-0.15, -0.1) is 0 Å².